The second-order valence-electron chi connectivity index (χ2n) is 6.27. The molecule has 15 heteroatoms. The zero-order chi connectivity index (χ0) is 24.6. The van der Waals surface area contributed by atoms with Crippen molar-refractivity contribution in [3.8, 4) is 0 Å². The van der Waals surface area contributed by atoms with Gasteiger partial charge in [-0.3, -0.25) is 25.0 Å². The Morgan fingerprint density at radius 2 is 1.06 bits per heavy atom. The van der Waals surface area contributed by atoms with Crippen molar-refractivity contribution in [3.63, 3.8) is 0 Å². The minimum Gasteiger partial charge on any atom is -0.298 e. The average molecular weight is 505 g/mol. The highest BCUT2D eigenvalue weighted by Crippen LogP contribution is 2.49. The number of ketones is 1. The van der Waals surface area contributed by atoms with Gasteiger partial charge in [-0.2, -0.15) is 26.3 Å². The van der Waals surface area contributed by atoms with Crippen LogP contribution in [-0.4, -0.2) is 28.0 Å². The summed E-state index contributed by atoms with van der Waals surface area (Å²) in [5.41, 5.74) is -5.52. The first-order chi connectivity index (χ1) is 14.6. The SMILES string of the molecule is O=C(C(c1cc(Cl)ccc1[N+](=O)[O-])C(F)(F)F)C(c1cc(Cl)ccc1[N+](=O)[O-])C(F)(F)F. The lowest BCUT2D eigenvalue weighted by atomic mass is 9.81. The molecule has 2 atom stereocenters. The number of Topliss-reactive ketones (excluding diaryl/α,β-unsaturated/α-hetero) is 1. The molecule has 2 aromatic carbocycles. The number of alkyl halides is 6. The smallest absolute Gasteiger partial charge is 0.298 e. The van der Waals surface area contributed by atoms with Gasteiger partial charge in [-0.15, -0.1) is 0 Å². The molecule has 0 saturated carbocycles. The van der Waals surface area contributed by atoms with E-state index in [2.05, 4.69) is 0 Å². The molecule has 0 radical (unpaired) electrons. The summed E-state index contributed by atoms with van der Waals surface area (Å²) < 4.78 is 82.9. The van der Waals surface area contributed by atoms with Gasteiger partial charge in [-0.05, 0) is 24.3 Å². The second-order valence-corrected chi connectivity index (χ2v) is 7.14. The van der Waals surface area contributed by atoms with Crippen molar-refractivity contribution in [3.05, 3.63) is 77.8 Å². The Morgan fingerprint density at radius 1 is 0.750 bits per heavy atom. The largest absolute Gasteiger partial charge is 0.402 e. The summed E-state index contributed by atoms with van der Waals surface area (Å²) in [6.07, 6.45) is -11.5. The first kappa shape index (κ1) is 25.3. The Balaban J connectivity index is 2.86. The minimum atomic E-state index is -5.75. The summed E-state index contributed by atoms with van der Waals surface area (Å²) in [4.78, 5) is 32.4. The van der Waals surface area contributed by atoms with Crippen LogP contribution in [0.25, 0.3) is 0 Å². The third-order valence-electron chi connectivity index (χ3n) is 4.22. The highest BCUT2D eigenvalue weighted by Gasteiger charge is 2.58. The van der Waals surface area contributed by atoms with Crippen molar-refractivity contribution < 1.29 is 41.0 Å². The Bertz CT molecular complexity index is 1010. The first-order valence-electron chi connectivity index (χ1n) is 8.10. The van der Waals surface area contributed by atoms with Gasteiger partial charge in [0.25, 0.3) is 11.4 Å². The number of carbonyl (C=O) groups is 1. The van der Waals surface area contributed by atoms with Crippen molar-refractivity contribution in [1.29, 1.82) is 0 Å². The van der Waals surface area contributed by atoms with E-state index < -0.39 is 72.4 Å². The van der Waals surface area contributed by atoms with E-state index in [9.17, 15) is 51.4 Å². The molecule has 0 bridgehead atoms. The van der Waals surface area contributed by atoms with Gasteiger partial charge in [-0.1, -0.05) is 23.2 Å². The number of carbonyl (C=O) groups excluding carboxylic acids is 1. The predicted molar refractivity (Wildman–Crippen MR) is 98.8 cm³/mol. The summed E-state index contributed by atoms with van der Waals surface area (Å²) in [7, 11) is 0. The maximum Gasteiger partial charge on any atom is 0.402 e. The van der Waals surface area contributed by atoms with Crippen LogP contribution in [0.2, 0.25) is 10.0 Å². The molecule has 0 aliphatic rings. The number of benzene rings is 2. The molecule has 0 aliphatic heterocycles. The maximum absolute atomic E-state index is 13.8. The summed E-state index contributed by atoms with van der Waals surface area (Å²) in [5.74, 6) is -9.97. The van der Waals surface area contributed by atoms with Crippen molar-refractivity contribution >= 4 is 40.4 Å². The van der Waals surface area contributed by atoms with E-state index in [0.29, 0.717) is 24.3 Å². The van der Waals surface area contributed by atoms with Crippen LogP contribution in [0, 0.1) is 20.2 Å². The fraction of sp³-hybridized carbons (Fsp3) is 0.235. The van der Waals surface area contributed by atoms with Gasteiger partial charge in [0.1, 0.15) is 11.8 Å². The summed E-state index contributed by atoms with van der Waals surface area (Å²) in [6, 6.07) is 3.29. The fourth-order valence-corrected chi connectivity index (χ4v) is 3.36. The Hall–Kier alpha value is -2.93. The van der Waals surface area contributed by atoms with E-state index in [-0.39, 0.29) is 0 Å². The molecule has 0 spiro atoms. The molecule has 2 unspecified atom stereocenters. The van der Waals surface area contributed by atoms with E-state index in [1.54, 1.807) is 0 Å². The molecule has 0 aromatic heterocycles. The summed E-state index contributed by atoms with van der Waals surface area (Å²) in [6.45, 7) is 0. The average Bonchev–Trinajstić information content (AvgIpc) is 2.59. The van der Waals surface area contributed by atoms with Crippen molar-refractivity contribution in [2.75, 3.05) is 0 Å². The zero-order valence-electron chi connectivity index (χ0n) is 15.1. The Morgan fingerprint density at radius 3 is 1.31 bits per heavy atom. The summed E-state index contributed by atoms with van der Waals surface area (Å²) in [5, 5.41) is 21.3. The molecular formula is C17H8Cl2F6N2O5. The first-order valence-corrected chi connectivity index (χ1v) is 8.86. The van der Waals surface area contributed by atoms with Crippen LogP contribution in [0.15, 0.2) is 36.4 Å². The molecule has 0 N–H and O–H groups in total. The standard InChI is InChI=1S/C17H8Cl2F6N2O5/c18-7-1-3-11(26(29)30)9(5-7)13(16(20,21)22)15(28)14(17(23,24)25)10-6-8(19)2-4-12(10)27(31)32/h1-6,13-14H. The quantitative estimate of drug-likeness (QED) is 0.258. The zero-order valence-corrected chi connectivity index (χ0v) is 16.6. The number of hydrogen-bond donors (Lipinski definition) is 0. The van der Waals surface area contributed by atoms with Gasteiger partial charge >= 0.3 is 12.4 Å². The van der Waals surface area contributed by atoms with Gasteiger partial charge in [0.2, 0.25) is 0 Å². The van der Waals surface area contributed by atoms with E-state index in [1.807, 2.05) is 0 Å². The molecule has 2 aromatic rings. The number of nitro benzene ring substituents is 2. The lowest BCUT2D eigenvalue weighted by molar-refractivity contribution is -0.386. The van der Waals surface area contributed by atoms with Gasteiger partial charge in [0.15, 0.2) is 5.78 Å². The Labute approximate surface area is 183 Å². The molecule has 0 amide bonds. The van der Waals surface area contributed by atoms with Crippen molar-refractivity contribution in [2.45, 2.75) is 24.2 Å². The van der Waals surface area contributed by atoms with Crippen LogP contribution in [-0.2, 0) is 4.79 Å². The number of halogens is 8. The van der Waals surface area contributed by atoms with Crippen molar-refractivity contribution in [2.24, 2.45) is 0 Å². The van der Waals surface area contributed by atoms with Gasteiger partial charge in [0, 0.05) is 22.2 Å². The normalized spacial score (nSPS) is 14.0. The third kappa shape index (κ3) is 5.27. The summed E-state index contributed by atoms with van der Waals surface area (Å²) >= 11 is 11.1. The molecule has 2 rings (SSSR count). The van der Waals surface area contributed by atoms with Crippen LogP contribution < -0.4 is 0 Å². The van der Waals surface area contributed by atoms with Crippen molar-refractivity contribution in [1.82, 2.24) is 0 Å². The molecule has 0 fully saturated rings. The van der Waals surface area contributed by atoms with Crippen LogP contribution >= 0.6 is 23.2 Å². The third-order valence-corrected chi connectivity index (χ3v) is 4.69. The highest BCUT2D eigenvalue weighted by molar-refractivity contribution is 6.31. The molecule has 172 valence electrons. The fourth-order valence-electron chi connectivity index (χ4n) is 2.99. The monoisotopic (exact) mass is 504 g/mol. The molecule has 0 aliphatic carbocycles. The maximum atomic E-state index is 13.8. The highest BCUT2D eigenvalue weighted by atomic mass is 35.5. The molecule has 0 heterocycles. The van der Waals surface area contributed by atoms with Crippen LogP contribution in [0.4, 0.5) is 37.7 Å². The molecular weight excluding hydrogens is 497 g/mol. The number of nitrogens with zero attached hydrogens (tertiary/aromatic N) is 2. The van der Waals surface area contributed by atoms with Crippen LogP contribution in [0.5, 0.6) is 0 Å². The molecule has 0 saturated heterocycles. The van der Waals surface area contributed by atoms with Crippen LogP contribution in [0.3, 0.4) is 0 Å². The second kappa shape index (κ2) is 8.90. The Kier molecular flexibility index (Phi) is 7.05. The molecule has 7 nitrogen and oxygen atoms in total. The minimum absolute atomic E-state index is 0.343. The van der Waals surface area contributed by atoms with E-state index in [0.717, 1.165) is 12.1 Å². The van der Waals surface area contributed by atoms with E-state index in [4.69, 9.17) is 23.2 Å². The number of hydrogen-bond acceptors (Lipinski definition) is 5. The predicted octanol–water partition coefficient (Wildman–Crippen LogP) is 6.37. The van der Waals surface area contributed by atoms with Gasteiger partial charge in [-0.25, -0.2) is 0 Å². The lowest BCUT2D eigenvalue weighted by Crippen LogP contribution is -2.38. The van der Waals surface area contributed by atoms with E-state index in [1.165, 1.54) is 0 Å². The van der Waals surface area contributed by atoms with Gasteiger partial charge in [0.05, 0.1) is 21.0 Å². The van der Waals surface area contributed by atoms with Gasteiger partial charge < -0.3 is 0 Å². The number of rotatable bonds is 6. The number of nitro groups is 2. The lowest BCUT2D eigenvalue weighted by Gasteiger charge is -2.26. The molecule has 32 heavy (non-hydrogen) atoms. The van der Waals surface area contributed by atoms with Crippen LogP contribution in [0.1, 0.15) is 23.0 Å². The topological polar surface area (TPSA) is 103 Å². The van der Waals surface area contributed by atoms with E-state index >= 15 is 0 Å².